The highest BCUT2D eigenvalue weighted by Crippen LogP contribution is 2.44. The predicted octanol–water partition coefficient (Wildman–Crippen LogP) is 4.17. The van der Waals surface area contributed by atoms with Gasteiger partial charge in [-0.3, -0.25) is 0 Å². The molecule has 3 aromatic rings. The number of benzene rings is 3. The largest absolute Gasteiger partial charge is 0.497 e. The molecule has 0 spiro atoms. The number of methoxy groups -OCH3 is 2. The molecule has 4 heteroatoms. The smallest absolute Gasteiger partial charge is 0.118 e. The molecule has 0 aliphatic rings. The van der Waals surface area contributed by atoms with Crippen LogP contribution in [0.2, 0.25) is 0 Å². The molecular weight excluding hydrogens is 364 g/mol. The summed E-state index contributed by atoms with van der Waals surface area (Å²) < 4.78 is 10.6. The van der Waals surface area contributed by atoms with Crippen molar-refractivity contribution in [2.24, 2.45) is 0 Å². The van der Waals surface area contributed by atoms with Crippen molar-refractivity contribution in [3.8, 4) is 11.5 Å². The second-order valence-corrected chi connectivity index (χ2v) is 7.05. The van der Waals surface area contributed by atoms with Crippen molar-refractivity contribution >= 4 is 0 Å². The highest BCUT2D eigenvalue weighted by atomic mass is 16.5. The van der Waals surface area contributed by atoms with E-state index in [1.54, 1.807) is 14.2 Å². The van der Waals surface area contributed by atoms with Crippen molar-refractivity contribution in [3.05, 3.63) is 95.6 Å². The van der Waals surface area contributed by atoms with Crippen LogP contribution in [0, 0.1) is 0 Å². The van der Waals surface area contributed by atoms with Gasteiger partial charge in [0.2, 0.25) is 0 Å². The second kappa shape index (κ2) is 9.12. The Labute approximate surface area is 172 Å². The van der Waals surface area contributed by atoms with E-state index in [0.29, 0.717) is 6.42 Å². The molecule has 0 aliphatic carbocycles. The average molecular weight is 392 g/mol. The van der Waals surface area contributed by atoms with Crippen molar-refractivity contribution in [2.75, 3.05) is 14.2 Å². The van der Waals surface area contributed by atoms with Crippen molar-refractivity contribution in [1.82, 2.24) is 0 Å². The van der Waals surface area contributed by atoms with E-state index in [4.69, 9.17) is 9.47 Å². The lowest BCUT2D eigenvalue weighted by Gasteiger charge is -2.42. The molecular formula is C25H28O4. The summed E-state index contributed by atoms with van der Waals surface area (Å²) in [4.78, 5) is 0. The number of ether oxygens (including phenoxy) is 2. The summed E-state index contributed by atoms with van der Waals surface area (Å²) >= 11 is 0. The highest BCUT2D eigenvalue weighted by molar-refractivity contribution is 5.54. The number of aliphatic hydroxyl groups excluding tert-OH is 2. The van der Waals surface area contributed by atoms with Crippen LogP contribution in [0.5, 0.6) is 11.5 Å². The van der Waals surface area contributed by atoms with Crippen molar-refractivity contribution < 1.29 is 19.7 Å². The number of hydrogen-bond donors (Lipinski definition) is 2. The minimum atomic E-state index is -1.06. The van der Waals surface area contributed by atoms with Gasteiger partial charge in [-0.25, -0.2) is 0 Å². The maximum Gasteiger partial charge on any atom is 0.118 e. The van der Waals surface area contributed by atoms with Gasteiger partial charge in [0, 0.05) is 0 Å². The van der Waals surface area contributed by atoms with E-state index in [1.807, 2.05) is 85.8 Å². The quantitative estimate of drug-likeness (QED) is 0.565. The topological polar surface area (TPSA) is 58.9 Å². The predicted molar refractivity (Wildman–Crippen MR) is 115 cm³/mol. The molecule has 0 heterocycles. The zero-order valence-corrected chi connectivity index (χ0v) is 17.1. The van der Waals surface area contributed by atoms with Crippen molar-refractivity contribution in [1.29, 1.82) is 0 Å². The first-order valence-electron chi connectivity index (χ1n) is 9.78. The number of rotatable bonds is 8. The zero-order chi connectivity index (χ0) is 20.9. The summed E-state index contributed by atoms with van der Waals surface area (Å²) in [6.45, 7) is 1.87. The second-order valence-electron chi connectivity index (χ2n) is 7.05. The SMILES string of the molecule is CCC(O)C(O)C(c1ccccc1)(c1ccc(OC)cc1)c1ccc(OC)cc1. The van der Waals surface area contributed by atoms with Gasteiger partial charge < -0.3 is 19.7 Å². The van der Waals surface area contributed by atoms with Crippen LogP contribution in [0.15, 0.2) is 78.9 Å². The van der Waals surface area contributed by atoms with E-state index in [2.05, 4.69) is 0 Å². The standard InChI is InChI=1S/C25H28O4/c1-4-23(26)24(27)25(18-8-6-5-7-9-18,19-10-14-21(28-2)15-11-19)20-12-16-22(29-3)17-13-20/h5-17,23-24,26-27H,4H2,1-3H3. The van der Waals surface area contributed by atoms with E-state index in [0.717, 1.165) is 28.2 Å². The Kier molecular flexibility index (Phi) is 6.57. The van der Waals surface area contributed by atoms with Gasteiger partial charge in [0.05, 0.1) is 31.8 Å². The Morgan fingerprint density at radius 1 is 0.690 bits per heavy atom. The van der Waals surface area contributed by atoms with Crippen LogP contribution in [-0.2, 0) is 5.41 Å². The molecule has 0 radical (unpaired) electrons. The van der Waals surface area contributed by atoms with E-state index in [9.17, 15) is 10.2 Å². The maximum atomic E-state index is 11.5. The summed E-state index contributed by atoms with van der Waals surface area (Å²) in [6.07, 6.45) is -1.53. The summed E-state index contributed by atoms with van der Waals surface area (Å²) in [5.74, 6) is 1.46. The minimum absolute atomic E-state index is 0.433. The maximum absolute atomic E-state index is 11.5. The Bertz CT molecular complexity index is 841. The first kappa shape index (κ1) is 20.9. The third kappa shape index (κ3) is 3.86. The molecule has 2 atom stereocenters. The molecule has 0 aromatic heterocycles. The first-order chi connectivity index (χ1) is 14.1. The summed E-state index contributed by atoms with van der Waals surface area (Å²) in [6, 6.07) is 25.1. The molecule has 4 nitrogen and oxygen atoms in total. The van der Waals surface area contributed by atoms with Crippen LogP contribution >= 0.6 is 0 Å². The van der Waals surface area contributed by atoms with Crippen LogP contribution in [0.1, 0.15) is 30.0 Å². The lowest BCUT2D eigenvalue weighted by atomic mass is 9.64. The molecule has 0 saturated heterocycles. The molecule has 0 amide bonds. The van der Waals surface area contributed by atoms with Gasteiger partial charge in [-0.1, -0.05) is 61.5 Å². The fraction of sp³-hybridized carbons (Fsp3) is 0.280. The highest BCUT2D eigenvalue weighted by Gasteiger charge is 2.45. The lowest BCUT2D eigenvalue weighted by Crippen LogP contribution is -2.48. The van der Waals surface area contributed by atoms with E-state index >= 15 is 0 Å². The van der Waals surface area contributed by atoms with E-state index in [1.165, 1.54) is 0 Å². The Balaban J connectivity index is 2.33. The number of hydrogen-bond acceptors (Lipinski definition) is 4. The molecule has 3 aromatic carbocycles. The van der Waals surface area contributed by atoms with Gasteiger partial charge >= 0.3 is 0 Å². The molecule has 0 saturated carbocycles. The van der Waals surface area contributed by atoms with E-state index in [-0.39, 0.29) is 0 Å². The van der Waals surface area contributed by atoms with Gasteiger partial charge in [0.25, 0.3) is 0 Å². The monoisotopic (exact) mass is 392 g/mol. The van der Waals surface area contributed by atoms with Gasteiger partial charge in [0.1, 0.15) is 11.5 Å². The normalized spacial score (nSPS) is 13.6. The van der Waals surface area contributed by atoms with E-state index < -0.39 is 17.6 Å². The summed E-state index contributed by atoms with van der Waals surface area (Å²) in [5.41, 5.74) is 1.68. The molecule has 0 bridgehead atoms. The van der Waals surface area contributed by atoms with Gasteiger partial charge in [-0.05, 0) is 47.4 Å². The first-order valence-corrected chi connectivity index (χ1v) is 9.78. The van der Waals surface area contributed by atoms with Gasteiger partial charge in [0.15, 0.2) is 0 Å². The van der Waals surface area contributed by atoms with Crippen LogP contribution in [0.3, 0.4) is 0 Å². The Morgan fingerprint density at radius 3 is 1.48 bits per heavy atom. The molecule has 3 rings (SSSR count). The van der Waals surface area contributed by atoms with Gasteiger partial charge in [-0.2, -0.15) is 0 Å². The van der Waals surface area contributed by atoms with Crippen molar-refractivity contribution in [3.63, 3.8) is 0 Å². The van der Waals surface area contributed by atoms with Crippen LogP contribution in [0.25, 0.3) is 0 Å². The third-order valence-electron chi connectivity index (χ3n) is 5.55. The Morgan fingerprint density at radius 2 is 1.10 bits per heavy atom. The lowest BCUT2D eigenvalue weighted by molar-refractivity contribution is -0.0116. The summed E-state index contributed by atoms with van der Waals surface area (Å²) in [5, 5.41) is 22.3. The molecule has 0 fully saturated rings. The fourth-order valence-electron chi connectivity index (χ4n) is 3.93. The summed E-state index contributed by atoms with van der Waals surface area (Å²) in [7, 11) is 3.25. The van der Waals surface area contributed by atoms with Crippen LogP contribution in [0.4, 0.5) is 0 Å². The minimum Gasteiger partial charge on any atom is -0.497 e. The molecule has 29 heavy (non-hydrogen) atoms. The van der Waals surface area contributed by atoms with Crippen LogP contribution in [-0.4, -0.2) is 36.6 Å². The van der Waals surface area contributed by atoms with Crippen molar-refractivity contribution in [2.45, 2.75) is 31.0 Å². The molecule has 152 valence electrons. The number of aliphatic hydroxyl groups is 2. The average Bonchev–Trinajstić information content (AvgIpc) is 2.80. The fourth-order valence-corrected chi connectivity index (χ4v) is 3.93. The van der Waals surface area contributed by atoms with Crippen LogP contribution < -0.4 is 9.47 Å². The van der Waals surface area contributed by atoms with Gasteiger partial charge in [-0.15, -0.1) is 0 Å². The Hall–Kier alpha value is -2.82. The third-order valence-corrected chi connectivity index (χ3v) is 5.55. The zero-order valence-electron chi connectivity index (χ0n) is 17.1. The molecule has 2 unspecified atom stereocenters. The molecule has 0 aliphatic heterocycles. The molecule has 2 N–H and O–H groups in total.